The highest BCUT2D eigenvalue weighted by Gasteiger charge is 2.29. The monoisotopic (exact) mass is 475 g/mol. The van der Waals surface area contributed by atoms with E-state index >= 15 is 0 Å². The summed E-state index contributed by atoms with van der Waals surface area (Å²) in [7, 11) is 0. The van der Waals surface area contributed by atoms with Crippen molar-refractivity contribution in [1.29, 1.82) is 0 Å². The Bertz CT molecular complexity index is 1110. The van der Waals surface area contributed by atoms with Gasteiger partial charge in [-0.3, -0.25) is 0 Å². The zero-order valence-electron chi connectivity index (χ0n) is 19.3. The summed E-state index contributed by atoms with van der Waals surface area (Å²) in [5, 5.41) is 3.49. The van der Waals surface area contributed by atoms with E-state index in [9.17, 15) is 4.79 Å². The Morgan fingerprint density at radius 3 is 2.26 bits per heavy atom. The van der Waals surface area contributed by atoms with Crippen LogP contribution in [0.2, 0.25) is 5.02 Å². The smallest absolute Gasteiger partial charge is 0.407 e. The van der Waals surface area contributed by atoms with Crippen LogP contribution in [0, 0.1) is 0 Å². The van der Waals surface area contributed by atoms with E-state index in [2.05, 4.69) is 35.6 Å². The summed E-state index contributed by atoms with van der Waals surface area (Å²) in [5.41, 5.74) is 6.07. The molecular formula is C29H30ClNO3. The van der Waals surface area contributed by atoms with Gasteiger partial charge in [0.05, 0.1) is 6.54 Å². The van der Waals surface area contributed by atoms with Crippen LogP contribution >= 0.6 is 11.6 Å². The van der Waals surface area contributed by atoms with Crippen LogP contribution < -0.4 is 10.1 Å². The van der Waals surface area contributed by atoms with Crippen molar-refractivity contribution in [3.63, 3.8) is 0 Å². The molecule has 5 rings (SSSR count). The number of rotatable bonds is 7. The molecule has 1 amide bonds. The van der Waals surface area contributed by atoms with E-state index in [0.29, 0.717) is 30.7 Å². The van der Waals surface area contributed by atoms with Gasteiger partial charge in [-0.1, -0.05) is 85.5 Å². The second-order valence-electron chi connectivity index (χ2n) is 9.12. The van der Waals surface area contributed by atoms with Crippen LogP contribution in [0.3, 0.4) is 0 Å². The van der Waals surface area contributed by atoms with Crippen LogP contribution in [0.4, 0.5) is 4.79 Å². The molecule has 5 heteroatoms. The van der Waals surface area contributed by atoms with Gasteiger partial charge in [-0.25, -0.2) is 4.79 Å². The van der Waals surface area contributed by atoms with Crippen molar-refractivity contribution in [2.45, 2.75) is 43.9 Å². The van der Waals surface area contributed by atoms with E-state index < -0.39 is 6.09 Å². The topological polar surface area (TPSA) is 47.6 Å². The predicted molar refractivity (Wildman–Crippen MR) is 136 cm³/mol. The zero-order valence-corrected chi connectivity index (χ0v) is 20.0. The summed E-state index contributed by atoms with van der Waals surface area (Å²) in [6.45, 7) is 1.04. The molecule has 2 aliphatic carbocycles. The number of nitrogens with one attached hydrogen (secondary N) is 1. The van der Waals surface area contributed by atoms with E-state index in [4.69, 9.17) is 21.1 Å². The summed E-state index contributed by atoms with van der Waals surface area (Å²) in [6, 6.07) is 22.6. The van der Waals surface area contributed by atoms with E-state index in [-0.39, 0.29) is 5.92 Å². The summed E-state index contributed by atoms with van der Waals surface area (Å²) in [6.07, 6.45) is 5.78. The van der Waals surface area contributed by atoms with Crippen LogP contribution in [0.1, 0.15) is 60.6 Å². The highest BCUT2D eigenvalue weighted by molar-refractivity contribution is 6.30. The maximum absolute atomic E-state index is 12.4. The molecule has 34 heavy (non-hydrogen) atoms. The Kier molecular flexibility index (Phi) is 7.05. The van der Waals surface area contributed by atoms with E-state index in [0.717, 1.165) is 5.75 Å². The number of carbonyl (C=O) groups is 1. The molecule has 0 saturated heterocycles. The number of hydrogen-bond donors (Lipinski definition) is 1. The normalized spacial score (nSPS) is 15.4. The maximum Gasteiger partial charge on any atom is 0.407 e. The molecule has 0 atom stereocenters. The third kappa shape index (κ3) is 4.92. The molecule has 176 valence electrons. The molecule has 0 radical (unpaired) electrons. The molecule has 3 aromatic rings. The molecule has 3 aromatic carbocycles. The molecule has 0 aromatic heterocycles. The Morgan fingerprint density at radius 1 is 0.882 bits per heavy atom. The van der Waals surface area contributed by atoms with Crippen LogP contribution in [-0.4, -0.2) is 25.9 Å². The minimum absolute atomic E-state index is 0.0545. The van der Waals surface area contributed by atoms with Crippen molar-refractivity contribution in [3.8, 4) is 16.9 Å². The molecule has 0 aliphatic heterocycles. The van der Waals surface area contributed by atoms with Crippen molar-refractivity contribution < 1.29 is 14.3 Å². The lowest BCUT2D eigenvalue weighted by atomic mass is 9.84. The van der Waals surface area contributed by atoms with E-state index in [1.807, 2.05) is 36.4 Å². The molecule has 0 spiro atoms. The van der Waals surface area contributed by atoms with Gasteiger partial charge in [0.2, 0.25) is 0 Å². The van der Waals surface area contributed by atoms with Crippen molar-refractivity contribution in [2.75, 3.05) is 19.8 Å². The fourth-order valence-corrected chi connectivity index (χ4v) is 5.51. The molecule has 1 N–H and O–H groups in total. The van der Waals surface area contributed by atoms with E-state index in [1.165, 1.54) is 59.9 Å². The Morgan fingerprint density at radius 2 is 1.56 bits per heavy atom. The Labute approximate surface area is 206 Å². The van der Waals surface area contributed by atoms with Gasteiger partial charge in [0, 0.05) is 10.9 Å². The number of ether oxygens (including phenoxy) is 2. The largest absolute Gasteiger partial charge is 0.491 e. The maximum atomic E-state index is 12.4. The number of hydrogen-bond acceptors (Lipinski definition) is 3. The van der Waals surface area contributed by atoms with Gasteiger partial charge in [0.25, 0.3) is 0 Å². The first-order valence-corrected chi connectivity index (χ1v) is 12.6. The van der Waals surface area contributed by atoms with Gasteiger partial charge in [0.1, 0.15) is 19.0 Å². The number of carbonyl (C=O) groups excluding carboxylic acids is 1. The van der Waals surface area contributed by atoms with Crippen molar-refractivity contribution in [3.05, 3.63) is 88.4 Å². The summed E-state index contributed by atoms with van der Waals surface area (Å²) in [5.74, 6) is 1.41. The van der Waals surface area contributed by atoms with Gasteiger partial charge in [0.15, 0.2) is 0 Å². The van der Waals surface area contributed by atoms with Crippen molar-refractivity contribution in [1.82, 2.24) is 5.32 Å². The van der Waals surface area contributed by atoms with Crippen LogP contribution in [-0.2, 0) is 4.74 Å². The number of amides is 1. The average Bonchev–Trinajstić information content (AvgIpc) is 3.20. The number of benzene rings is 3. The molecule has 4 nitrogen and oxygen atoms in total. The quantitative estimate of drug-likeness (QED) is 0.364. The van der Waals surface area contributed by atoms with Gasteiger partial charge in [-0.2, -0.15) is 0 Å². The zero-order chi connectivity index (χ0) is 23.3. The number of halogens is 1. The molecule has 0 heterocycles. The van der Waals surface area contributed by atoms with Gasteiger partial charge in [-0.05, 0) is 58.7 Å². The van der Waals surface area contributed by atoms with Gasteiger partial charge in [-0.15, -0.1) is 0 Å². The fraction of sp³-hybridized carbons (Fsp3) is 0.345. The van der Waals surface area contributed by atoms with Crippen LogP contribution in [0.25, 0.3) is 11.1 Å². The van der Waals surface area contributed by atoms with Gasteiger partial charge < -0.3 is 14.8 Å². The fourth-order valence-electron chi connectivity index (χ4n) is 5.35. The minimum Gasteiger partial charge on any atom is -0.491 e. The molecule has 1 saturated carbocycles. The highest BCUT2D eigenvalue weighted by atomic mass is 35.5. The SMILES string of the molecule is O=C(NCCOc1cc(Cl)ccc1C1CCCCC1)OCC1c2ccccc2-c2ccccc21. The summed E-state index contributed by atoms with van der Waals surface area (Å²) >= 11 is 6.22. The third-order valence-corrected chi connectivity index (χ3v) is 7.23. The summed E-state index contributed by atoms with van der Waals surface area (Å²) < 4.78 is 11.6. The first kappa shape index (κ1) is 22.8. The second-order valence-corrected chi connectivity index (χ2v) is 9.55. The first-order chi connectivity index (χ1) is 16.7. The molecular weight excluding hydrogens is 446 g/mol. The predicted octanol–water partition coefficient (Wildman–Crippen LogP) is 7.31. The van der Waals surface area contributed by atoms with Crippen molar-refractivity contribution in [2.24, 2.45) is 0 Å². The molecule has 0 bridgehead atoms. The standard InChI is InChI=1S/C29H30ClNO3/c30-21-14-15-22(20-8-2-1-3-9-20)28(18-21)33-17-16-31-29(32)34-19-27-25-12-6-4-10-23(25)24-11-5-7-13-26(24)27/h4-7,10-15,18,20,27H,1-3,8-9,16-17,19H2,(H,31,32). The molecule has 0 unspecified atom stereocenters. The van der Waals surface area contributed by atoms with Crippen molar-refractivity contribution >= 4 is 17.7 Å². The lowest BCUT2D eigenvalue weighted by molar-refractivity contribution is 0.141. The average molecular weight is 476 g/mol. The Balaban J connectivity index is 1.13. The van der Waals surface area contributed by atoms with Crippen LogP contribution in [0.5, 0.6) is 5.75 Å². The summed E-state index contributed by atoms with van der Waals surface area (Å²) in [4.78, 5) is 12.4. The number of alkyl carbamates (subject to hydrolysis) is 1. The molecule has 1 fully saturated rings. The Hall–Kier alpha value is -2.98. The number of fused-ring (bicyclic) bond motifs is 3. The second kappa shape index (κ2) is 10.5. The molecule has 2 aliphatic rings. The highest BCUT2D eigenvalue weighted by Crippen LogP contribution is 2.44. The van der Waals surface area contributed by atoms with Crippen LogP contribution in [0.15, 0.2) is 66.7 Å². The minimum atomic E-state index is -0.427. The first-order valence-electron chi connectivity index (χ1n) is 12.2. The van der Waals surface area contributed by atoms with Gasteiger partial charge >= 0.3 is 6.09 Å². The van der Waals surface area contributed by atoms with E-state index in [1.54, 1.807) is 0 Å². The lowest BCUT2D eigenvalue weighted by Gasteiger charge is -2.24. The third-order valence-electron chi connectivity index (χ3n) is 6.99. The lowest BCUT2D eigenvalue weighted by Crippen LogP contribution is -2.30.